The molecule has 0 atom stereocenters. The van der Waals surface area contributed by atoms with E-state index in [-0.39, 0.29) is 6.09 Å². The van der Waals surface area contributed by atoms with Crippen LogP contribution >= 0.6 is 11.9 Å². The van der Waals surface area contributed by atoms with Crippen molar-refractivity contribution in [2.75, 3.05) is 32.4 Å². The molecule has 88 valence electrons. The molecule has 0 radical (unpaired) electrons. The van der Waals surface area contributed by atoms with Gasteiger partial charge in [0.1, 0.15) is 5.60 Å². The normalized spacial score (nSPS) is 19.1. The Hall–Kier alpha value is -0.420. The highest BCUT2D eigenvalue weighted by Crippen LogP contribution is 2.14. The van der Waals surface area contributed by atoms with E-state index >= 15 is 0 Å². The molecule has 5 heteroatoms. The van der Waals surface area contributed by atoms with Gasteiger partial charge < -0.3 is 9.64 Å². The molecule has 1 aliphatic rings. The van der Waals surface area contributed by atoms with Crippen molar-refractivity contribution >= 4 is 18.0 Å². The highest BCUT2D eigenvalue weighted by molar-refractivity contribution is 7.96. The quantitative estimate of drug-likeness (QED) is 0.646. The van der Waals surface area contributed by atoms with Crippen molar-refractivity contribution in [2.45, 2.75) is 26.4 Å². The highest BCUT2D eigenvalue weighted by atomic mass is 32.2. The summed E-state index contributed by atoms with van der Waals surface area (Å²) >= 11 is 1.73. The van der Waals surface area contributed by atoms with Crippen molar-refractivity contribution in [3.63, 3.8) is 0 Å². The van der Waals surface area contributed by atoms with Gasteiger partial charge in [0, 0.05) is 26.2 Å². The molecule has 0 aromatic heterocycles. The predicted octanol–water partition coefficient (Wildman–Crippen LogP) is 1.82. The molecule has 1 rings (SSSR count). The molecule has 4 nitrogen and oxygen atoms in total. The van der Waals surface area contributed by atoms with Gasteiger partial charge in [0.25, 0.3) is 0 Å². The van der Waals surface area contributed by atoms with Crippen molar-refractivity contribution in [3.8, 4) is 0 Å². The lowest BCUT2D eigenvalue weighted by molar-refractivity contribution is 0.0198. The molecule has 0 saturated carbocycles. The molecule has 1 fully saturated rings. The Labute approximate surface area is 96.1 Å². The zero-order chi connectivity index (χ0) is 11.5. The first-order valence-electron chi connectivity index (χ1n) is 5.19. The molecule has 1 aliphatic heterocycles. The third kappa shape index (κ3) is 4.30. The largest absolute Gasteiger partial charge is 0.444 e. The van der Waals surface area contributed by atoms with Crippen molar-refractivity contribution in [1.29, 1.82) is 0 Å². The van der Waals surface area contributed by atoms with E-state index in [1.807, 2.05) is 20.8 Å². The summed E-state index contributed by atoms with van der Waals surface area (Å²) in [6.07, 6.45) is 1.87. The molecule has 15 heavy (non-hydrogen) atoms. The first kappa shape index (κ1) is 12.6. The highest BCUT2D eigenvalue weighted by Gasteiger charge is 2.25. The number of nitrogens with zero attached hydrogens (tertiary/aromatic N) is 2. The summed E-state index contributed by atoms with van der Waals surface area (Å²) < 4.78 is 7.56. The molecule has 0 aromatic rings. The first-order chi connectivity index (χ1) is 6.92. The minimum Gasteiger partial charge on any atom is -0.444 e. The number of rotatable bonds is 1. The molecule has 1 saturated heterocycles. The van der Waals surface area contributed by atoms with Gasteiger partial charge in [-0.3, -0.25) is 0 Å². The van der Waals surface area contributed by atoms with Gasteiger partial charge in [0.05, 0.1) is 0 Å². The summed E-state index contributed by atoms with van der Waals surface area (Å²) in [6, 6.07) is 0. The van der Waals surface area contributed by atoms with Crippen LogP contribution in [0.3, 0.4) is 0 Å². The van der Waals surface area contributed by atoms with E-state index in [1.165, 1.54) is 0 Å². The van der Waals surface area contributed by atoms with Gasteiger partial charge in [-0.25, -0.2) is 9.10 Å². The summed E-state index contributed by atoms with van der Waals surface area (Å²) in [7, 11) is 0. The molecular formula is C10H20N2O2S. The Kier molecular flexibility index (Phi) is 4.28. The maximum absolute atomic E-state index is 11.7. The Balaban J connectivity index is 2.37. The molecular weight excluding hydrogens is 212 g/mol. The molecule has 0 aromatic carbocycles. The summed E-state index contributed by atoms with van der Waals surface area (Å²) in [5.41, 5.74) is -0.395. The van der Waals surface area contributed by atoms with Gasteiger partial charge in [-0.15, -0.1) is 0 Å². The molecule has 0 spiro atoms. The van der Waals surface area contributed by atoms with E-state index in [0.717, 1.165) is 26.2 Å². The maximum Gasteiger partial charge on any atom is 0.410 e. The van der Waals surface area contributed by atoms with Crippen LogP contribution in [0.15, 0.2) is 0 Å². The minimum absolute atomic E-state index is 0.191. The second kappa shape index (κ2) is 5.07. The predicted molar refractivity (Wildman–Crippen MR) is 62.9 cm³/mol. The minimum atomic E-state index is -0.395. The van der Waals surface area contributed by atoms with Crippen LogP contribution in [-0.4, -0.2) is 53.3 Å². The van der Waals surface area contributed by atoms with Crippen molar-refractivity contribution < 1.29 is 9.53 Å². The van der Waals surface area contributed by atoms with Crippen LogP contribution in [0, 0.1) is 0 Å². The van der Waals surface area contributed by atoms with Gasteiger partial charge in [-0.2, -0.15) is 0 Å². The fraction of sp³-hybridized carbons (Fsp3) is 0.900. The van der Waals surface area contributed by atoms with Crippen molar-refractivity contribution in [2.24, 2.45) is 0 Å². The van der Waals surface area contributed by atoms with E-state index in [0.29, 0.717) is 0 Å². The van der Waals surface area contributed by atoms with Gasteiger partial charge >= 0.3 is 6.09 Å². The van der Waals surface area contributed by atoms with Crippen molar-refractivity contribution in [3.05, 3.63) is 0 Å². The molecule has 0 aliphatic carbocycles. The van der Waals surface area contributed by atoms with E-state index in [9.17, 15) is 4.79 Å². The summed E-state index contributed by atoms with van der Waals surface area (Å²) in [5, 5.41) is 0. The van der Waals surface area contributed by atoms with Gasteiger partial charge in [0.2, 0.25) is 0 Å². The number of amides is 1. The zero-order valence-electron chi connectivity index (χ0n) is 9.95. The van der Waals surface area contributed by atoms with E-state index in [4.69, 9.17) is 4.74 Å². The second-order valence-electron chi connectivity index (χ2n) is 4.58. The SMILES string of the molecule is CSN1CCN(C(=O)OC(C)(C)C)CC1. The first-order valence-corrected chi connectivity index (χ1v) is 6.37. The summed E-state index contributed by atoms with van der Waals surface area (Å²) in [4.78, 5) is 13.5. The molecule has 0 N–H and O–H groups in total. The zero-order valence-corrected chi connectivity index (χ0v) is 10.8. The summed E-state index contributed by atoms with van der Waals surface area (Å²) in [5.74, 6) is 0. The van der Waals surface area contributed by atoms with Crippen LogP contribution in [0.1, 0.15) is 20.8 Å². The van der Waals surface area contributed by atoms with Crippen LogP contribution in [-0.2, 0) is 4.74 Å². The maximum atomic E-state index is 11.7. The number of carbonyl (C=O) groups is 1. The van der Waals surface area contributed by atoms with E-state index in [1.54, 1.807) is 16.8 Å². The second-order valence-corrected chi connectivity index (χ2v) is 5.46. The Morgan fingerprint density at radius 3 is 2.13 bits per heavy atom. The standard InChI is InChI=1S/C10H20N2O2S/c1-10(2,3)14-9(13)11-5-7-12(15-4)8-6-11/h5-8H2,1-4H3. The van der Waals surface area contributed by atoms with Crippen LogP contribution in [0.25, 0.3) is 0 Å². The number of hydrogen-bond donors (Lipinski definition) is 0. The van der Waals surface area contributed by atoms with E-state index in [2.05, 4.69) is 10.6 Å². The lowest BCUT2D eigenvalue weighted by atomic mass is 10.2. The van der Waals surface area contributed by atoms with Gasteiger partial charge in [0.15, 0.2) is 0 Å². The lowest BCUT2D eigenvalue weighted by Gasteiger charge is -2.34. The Morgan fingerprint density at radius 2 is 1.73 bits per heavy atom. The number of carbonyl (C=O) groups excluding carboxylic acids is 1. The van der Waals surface area contributed by atoms with Crippen LogP contribution in [0.4, 0.5) is 4.79 Å². The average Bonchev–Trinajstić information content (AvgIpc) is 2.15. The number of hydrogen-bond acceptors (Lipinski definition) is 4. The smallest absolute Gasteiger partial charge is 0.410 e. The van der Waals surface area contributed by atoms with Crippen molar-refractivity contribution in [1.82, 2.24) is 9.21 Å². The fourth-order valence-electron chi connectivity index (χ4n) is 1.38. The number of piperazine rings is 1. The molecule has 0 bridgehead atoms. The molecule has 1 amide bonds. The molecule has 1 heterocycles. The summed E-state index contributed by atoms with van der Waals surface area (Å²) in [6.45, 7) is 9.03. The van der Waals surface area contributed by atoms with Gasteiger partial charge in [-0.05, 0) is 27.0 Å². The third-order valence-corrected chi connectivity index (χ3v) is 3.03. The van der Waals surface area contributed by atoms with Crippen LogP contribution < -0.4 is 0 Å². The van der Waals surface area contributed by atoms with E-state index < -0.39 is 5.60 Å². The lowest BCUT2D eigenvalue weighted by Crippen LogP contribution is -2.47. The topological polar surface area (TPSA) is 32.8 Å². The van der Waals surface area contributed by atoms with Crippen LogP contribution in [0.2, 0.25) is 0 Å². The number of ether oxygens (including phenoxy) is 1. The third-order valence-electron chi connectivity index (χ3n) is 2.15. The Bertz CT molecular complexity index is 220. The Morgan fingerprint density at radius 1 is 1.20 bits per heavy atom. The monoisotopic (exact) mass is 232 g/mol. The van der Waals surface area contributed by atoms with Gasteiger partial charge in [-0.1, -0.05) is 11.9 Å². The average molecular weight is 232 g/mol. The fourth-order valence-corrected chi connectivity index (χ4v) is 1.91. The molecule has 0 unspecified atom stereocenters. The van der Waals surface area contributed by atoms with Crippen LogP contribution in [0.5, 0.6) is 0 Å².